The summed E-state index contributed by atoms with van der Waals surface area (Å²) in [6, 6.07) is 7.60. The van der Waals surface area contributed by atoms with Gasteiger partial charge in [0, 0.05) is 32.5 Å². The highest BCUT2D eigenvalue weighted by molar-refractivity contribution is 6.32. The Morgan fingerprint density at radius 3 is 2.81 bits per heavy atom. The van der Waals surface area contributed by atoms with Gasteiger partial charge >= 0.3 is 0 Å². The smallest absolute Gasteiger partial charge is 0.219 e. The van der Waals surface area contributed by atoms with Crippen molar-refractivity contribution in [1.82, 2.24) is 10.3 Å². The molecule has 0 atom stereocenters. The van der Waals surface area contributed by atoms with Gasteiger partial charge in [-0.3, -0.25) is 0 Å². The minimum absolute atomic E-state index is 0.210. The van der Waals surface area contributed by atoms with Gasteiger partial charge in [0.05, 0.1) is 11.6 Å². The number of methoxy groups -OCH3 is 1. The molecular weight excluding hydrogens is 295 g/mol. The van der Waals surface area contributed by atoms with E-state index in [-0.39, 0.29) is 5.02 Å². The number of benzene rings is 1. The molecule has 6 heteroatoms. The van der Waals surface area contributed by atoms with Crippen LogP contribution in [0.1, 0.15) is 5.56 Å². The van der Waals surface area contributed by atoms with Crippen LogP contribution < -0.4 is 10.1 Å². The number of aromatic nitrogens is 1. The van der Waals surface area contributed by atoms with E-state index in [9.17, 15) is 4.39 Å². The number of halogens is 2. The van der Waals surface area contributed by atoms with Crippen LogP contribution in [0.3, 0.4) is 0 Å². The summed E-state index contributed by atoms with van der Waals surface area (Å²) >= 11 is 5.89. The molecule has 1 heterocycles. The molecule has 0 saturated carbocycles. The molecular formula is C15H16ClFN2O2. The minimum atomic E-state index is -0.405. The van der Waals surface area contributed by atoms with Crippen LogP contribution in [-0.4, -0.2) is 25.2 Å². The van der Waals surface area contributed by atoms with E-state index >= 15 is 0 Å². The van der Waals surface area contributed by atoms with Crippen molar-refractivity contribution < 1.29 is 13.9 Å². The SMILES string of the molecule is COCCNCc1ccc(Oc2ccc(F)cc2Cl)nc1. The molecule has 0 aliphatic heterocycles. The first kappa shape index (κ1) is 15.7. The molecule has 0 fully saturated rings. The highest BCUT2D eigenvalue weighted by Crippen LogP contribution is 2.28. The van der Waals surface area contributed by atoms with Crippen molar-refractivity contribution in [3.8, 4) is 11.6 Å². The predicted octanol–water partition coefficient (Wildman–Crippen LogP) is 3.40. The Kier molecular flexibility index (Phi) is 5.92. The first-order chi connectivity index (χ1) is 10.2. The highest BCUT2D eigenvalue weighted by Gasteiger charge is 2.05. The summed E-state index contributed by atoms with van der Waals surface area (Å²) in [6.07, 6.45) is 1.71. The second kappa shape index (κ2) is 7.93. The molecule has 2 rings (SSSR count). The van der Waals surface area contributed by atoms with Gasteiger partial charge in [-0.2, -0.15) is 0 Å². The fourth-order valence-corrected chi connectivity index (χ4v) is 1.86. The fraction of sp³-hybridized carbons (Fsp3) is 0.267. The topological polar surface area (TPSA) is 43.4 Å². The third-order valence-corrected chi connectivity index (χ3v) is 3.01. The second-order valence-electron chi connectivity index (χ2n) is 4.35. The van der Waals surface area contributed by atoms with E-state index in [1.54, 1.807) is 19.4 Å². The number of nitrogens with one attached hydrogen (secondary N) is 1. The van der Waals surface area contributed by atoms with Crippen molar-refractivity contribution in [2.24, 2.45) is 0 Å². The number of hydrogen-bond acceptors (Lipinski definition) is 4. The summed E-state index contributed by atoms with van der Waals surface area (Å²) in [5, 5.41) is 3.43. The average molecular weight is 311 g/mol. The van der Waals surface area contributed by atoms with E-state index in [1.165, 1.54) is 18.2 Å². The van der Waals surface area contributed by atoms with Crippen LogP contribution in [0.4, 0.5) is 4.39 Å². The molecule has 0 aliphatic carbocycles. The molecule has 0 saturated heterocycles. The Hall–Kier alpha value is -1.69. The monoisotopic (exact) mass is 310 g/mol. The number of ether oxygens (including phenoxy) is 2. The van der Waals surface area contributed by atoms with Gasteiger partial charge < -0.3 is 14.8 Å². The van der Waals surface area contributed by atoms with Crippen molar-refractivity contribution in [3.05, 3.63) is 52.9 Å². The number of pyridine rings is 1. The van der Waals surface area contributed by atoms with Gasteiger partial charge in [-0.1, -0.05) is 17.7 Å². The Labute approximate surface area is 127 Å². The van der Waals surface area contributed by atoms with E-state index < -0.39 is 5.82 Å². The van der Waals surface area contributed by atoms with Crippen LogP contribution in [0.5, 0.6) is 11.6 Å². The van der Waals surface area contributed by atoms with E-state index in [2.05, 4.69) is 10.3 Å². The summed E-state index contributed by atoms with van der Waals surface area (Å²) in [6.45, 7) is 2.14. The lowest BCUT2D eigenvalue weighted by Crippen LogP contribution is -2.18. The lowest BCUT2D eigenvalue weighted by Gasteiger charge is -2.08. The Morgan fingerprint density at radius 2 is 2.14 bits per heavy atom. The Morgan fingerprint density at radius 1 is 1.29 bits per heavy atom. The zero-order chi connectivity index (χ0) is 15.1. The van der Waals surface area contributed by atoms with Crippen LogP contribution in [0.25, 0.3) is 0 Å². The maximum absolute atomic E-state index is 12.9. The second-order valence-corrected chi connectivity index (χ2v) is 4.76. The fourth-order valence-electron chi connectivity index (χ4n) is 1.65. The molecule has 2 aromatic rings. The lowest BCUT2D eigenvalue weighted by atomic mass is 10.3. The van der Waals surface area contributed by atoms with Crippen molar-refractivity contribution in [1.29, 1.82) is 0 Å². The molecule has 1 aromatic heterocycles. The van der Waals surface area contributed by atoms with Crippen molar-refractivity contribution in [2.75, 3.05) is 20.3 Å². The first-order valence-electron chi connectivity index (χ1n) is 6.46. The molecule has 21 heavy (non-hydrogen) atoms. The van der Waals surface area contributed by atoms with Gasteiger partial charge in [0.15, 0.2) is 0 Å². The maximum Gasteiger partial charge on any atom is 0.219 e. The minimum Gasteiger partial charge on any atom is -0.437 e. The van der Waals surface area contributed by atoms with Gasteiger partial charge in [0.1, 0.15) is 11.6 Å². The zero-order valence-electron chi connectivity index (χ0n) is 11.6. The molecule has 1 N–H and O–H groups in total. The molecule has 0 bridgehead atoms. The van der Waals surface area contributed by atoms with E-state index in [0.29, 0.717) is 24.8 Å². The van der Waals surface area contributed by atoms with E-state index in [4.69, 9.17) is 21.1 Å². The normalized spacial score (nSPS) is 10.6. The van der Waals surface area contributed by atoms with Crippen LogP contribution in [0.15, 0.2) is 36.5 Å². The molecule has 0 spiro atoms. The molecule has 112 valence electrons. The zero-order valence-corrected chi connectivity index (χ0v) is 12.4. The lowest BCUT2D eigenvalue weighted by molar-refractivity contribution is 0.199. The summed E-state index contributed by atoms with van der Waals surface area (Å²) in [5.74, 6) is 0.374. The molecule has 0 amide bonds. The average Bonchev–Trinajstić information content (AvgIpc) is 2.48. The quantitative estimate of drug-likeness (QED) is 0.796. The Balaban J connectivity index is 1.92. The van der Waals surface area contributed by atoms with Gasteiger partial charge in [-0.15, -0.1) is 0 Å². The summed E-state index contributed by atoms with van der Waals surface area (Å²) in [7, 11) is 1.66. The molecule has 4 nitrogen and oxygen atoms in total. The van der Waals surface area contributed by atoms with Gasteiger partial charge in [-0.05, 0) is 23.8 Å². The summed E-state index contributed by atoms with van der Waals surface area (Å²) < 4.78 is 23.4. The predicted molar refractivity (Wildman–Crippen MR) is 79.3 cm³/mol. The van der Waals surface area contributed by atoms with E-state index in [1.807, 2.05) is 6.07 Å². The summed E-state index contributed by atoms with van der Waals surface area (Å²) in [4.78, 5) is 4.19. The van der Waals surface area contributed by atoms with Crippen LogP contribution in [0, 0.1) is 5.82 Å². The maximum atomic E-state index is 12.9. The van der Waals surface area contributed by atoms with Crippen LogP contribution in [-0.2, 0) is 11.3 Å². The van der Waals surface area contributed by atoms with Crippen molar-refractivity contribution in [2.45, 2.75) is 6.54 Å². The molecule has 0 radical (unpaired) electrons. The summed E-state index contributed by atoms with van der Waals surface area (Å²) in [5.41, 5.74) is 1.03. The molecule has 1 aromatic carbocycles. The number of hydrogen-bond donors (Lipinski definition) is 1. The highest BCUT2D eigenvalue weighted by atomic mass is 35.5. The number of nitrogens with zero attached hydrogens (tertiary/aromatic N) is 1. The third-order valence-electron chi connectivity index (χ3n) is 2.72. The van der Waals surface area contributed by atoms with Crippen molar-refractivity contribution >= 4 is 11.6 Å². The van der Waals surface area contributed by atoms with E-state index in [0.717, 1.165) is 12.1 Å². The molecule has 0 aliphatic rings. The van der Waals surface area contributed by atoms with Crippen LogP contribution in [0.2, 0.25) is 5.02 Å². The Bertz CT molecular complexity index is 578. The van der Waals surface area contributed by atoms with Gasteiger partial charge in [0.25, 0.3) is 0 Å². The third kappa shape index (κ3) is 4.97. The van der Waals surface area contributed by atoms with Crippen molar-refractivity contribution in [3.63, 3.8) is 0 Å². The van der Waals surface area contributed by atoms with Gasteiger partial charge in [0.2, 0.25) is 5.88 Å². The first-order valence-corrected chi connectivity index (χ1v) is 6.84. The van der Waals surface area contributed by atoms with Crippen LogP contribution >= 0.6 is 11.6 Å². The molecule has 0 unspecified atom stereocenters. The van der Waals surface area contributed by atoms with Gasteiger partial charge in [-0.25, -0.2) is 9.37 Å². The largest absolute Gasteiger partial charge is 0.437 e. The standard InChI is InChI=1S/C15H16ClFN2O2/c1-20-7-6-18-9-11-2-5-15(19-10-11)21-14-4-3-12(17)8-13(14)16/h2-5,8,10,18H,6-7,9H2,1H3. The number of rotatable bonds is 7.